The molecule has 0 saturated carbocycles. The summed E-state index contributed by atoms with van der Waals surface area (Å²) in [4.78, 5) is 37.2. The fourth-order valence-electron chi connectivity index (χ4n) is 3.41. The van der Waals surface area contributed by atoms with Crippen LogP contribution in [0.3, 0.4) is 0 Å². The van der Waals surface area contributed by atoms with Gasteiger partial charge in [0.15, 0.2) is 0 Å². The largest absolute Gasteiger partial charge is 0.497 e. The monoisotopic (exact) mass is 481 g/mol. The highest BCUT2D eigenvalue weighted by Gasteiger charge is 2.15. The molecule has 4 aromatic rings. The lowest BCUT2D eigenvalue weighted by molar-refractivity contribution is -0.136. The molecule has 0 radical (unpaired) electrons. The quantitative estimate of drug-likeness (QED) is 0.139. The minimum absolute atomic E-state index is 0.264. The van der Waals surface area contributed by atoms with E-state index >= 15 is 0 Å². The van der Waals surface area contributed by atoms with Gasteiger partial charge in [-0.25, -0.2) is 10.2 Å². The van der Waals surface area contributed by atoms with Crippen molar-refractivity contribution in [3.63, 3.8) is 0 Å². The van der Waals surface area contributed by atoms with Crippen LogP contribution in [0.15, 0.2) is 90.0 Å². The van der Waals surface area contributed by atoms with E-state index in [0.29, 0.717) is 22.6 Å². The van der Waals surface area contributed by atoms with E-state index in [1.54, 1.807) is 42.5 Å². The molecule has 0 saturated heterocycles. The second-order valence-electron chi connectivity index (χ2n) is 7.84. The van der Waals surface area contributed by atoms with Crippen molar-refractivity contribution in [3.05, 3.63) is 102 Å². The predicted molar refractivity (Wildman–Crippen MR) is 137 cm³/mol. The lowest BCUT2D eigenvalue weighted by atomic mass is 10.0. The van der Waals surface area contributed by atoms with Crippen LogP contribution in [0.1, 0.15) is 21.5 Å². The number of hydrogen-bond donors (Lipinski definition) is 2. The summed E-state index contributed by atoms with van der Waals surface area (Å²) in [7, 11) is 1.53. The van der Waals surface area contributed by atoms with E-state index in [1.165, 1.54) is 13.3 Å². The molecule has 2 N–H and O–H groups in total. The van der Waals surface area contributed by atoms with E-state index in [0.717, 1.165) is 16.3 Å². The number of ether oxygens (including phenoxy) is 2. The summed E-state index contributed by atoms with van der Waals surface area (Å²) in [6.07, 6.45) is 1.35. The van der Waals surface area contributed by atoms with Gasteiger partial charge in [0.2, 0.25) is 0 Å². The van der Waals surface area contributed by atoms with E-state index < -0.39 is 17.8 Å². The number of fused-ring (bicyclic) bond motifs is 1. The Kier molecular flexibility index (Phi) is 7.36. The van der Waals surface area contributed by atoms with E-state index in [1.807, 2.05) is 49.4 Å². The molecule has 0 aliphatic heterocycles. The first-order chi connectivity index (χ1) is 17.4. The summed E-state index contributed by atoms with van der Waals surface area (Å²) >= 11 is 0. The van der Waals surface area contributed by atoms with E-state index in [-0.39, 0.29) is 5.75 Å². The van der Waals surface area contributed by atoms with Crippen LogP contribution in [-0.2, 0) is 9.59 Å². The summed E-state index contributed by atoms with van der Waals surface area (Å²) in [5.41, 5.74) is 4.54. The molecular weight excluding hydrogens is 458 g/mol. The summed E-state index contributed by atoms with van der Waals surface area (Å²) in [6.45, 7) is 1.93. The van der Waals surface area contributed by atoms with Gasteiger partial charge in [0.05, 0.1) is 18.9 Å². The Hall–Kier alpha value is -4.98. The highest BCUT2D eigenvalue weighted by Crippen LogP contribution is 2.27. The average molecular weight is 482 g/mol. The highest BCUT2D eigenvalue weighted by molar-refractivity contribution is 6.39. The van der Waals surface area contributed by atoms with Crippen LogP contribution >= 0.6 is 0 Å². The smallest absolute Gasteiger partial charge is 0.343 e. The standard InChI is InChI=1S/C28H23N3O5/c1-18-7-9-20(10-8-18)28(34)36-25-16-11-19-5-3-4-6-23(19)24(25)17-29-31-27(33)26(32)30-21-12-14-22(35-2)15-13-21/h3-17H,1-2H3,(H,30,32)(H,31,33)/b29-17-. The van der Waals surface area contributed by atoms with Gasteiger partial charge >= 0.3 is 17.8 Å². The number of aryl methyl sites for hydroxylation is 1. The predicted octanol–water partition coefficient (Wildman–Crippen LogP) is 4.46. The van der Waals surface area contributed by atoms with Crippen LogP contribution in [0, 0.1) is 6.92 Å². The molecule has 0 aromatic heterocycles. The van der Waals surface area contributed by atoms with Gasteiger partial charge in [0, 0.05) is 11.3 Å². The number of nitrogens with one attached hydrogen (secondary N) is 2. The number of hydrogen-bond acceptors (Lipinski definition) is 6. The molecule has 36 heavy (non-hydrogen) atoms. The lowest BCUT2D eigenvalue weighted by Gasteiger charge is -2.11. The molecule has 0 aliphatic carbocycles. The Morgan fingerprint density at radius 3 is 2.28 bits per heavy atom. The van der Waals surface area contributed by atoms with Crippen molar-refractivity contribution in [1.29, 1.82) is 0 Å². The number of nitrogens with zero attached hydrogens (tertiary/aromatic N) is 1. The molecular formula is C28H23N3O5. The van der Waals surface area contributed by atoms with Gasteiger partial charge in [0.25, 0.3) is 0 Å². The lowest BCUT2D eigenvalue weighted by Crippen LogP contribution is -2.32. The maximum Gasteiger partial charge on any atom is 0.343 e. The summed E-state index contributed by atoms with van der Waals surface area (Å²) in [6, 6.07) is 24.5. The Morgan fingerprint density at radius 2 is 1.56 bits per heavy atom. The maximum atomic E-state index is 12.7. The fraction of sp³-hybridized carbons (Fsp3) is 0.0714. The number of carbonyl (C=O) groups excluding carboxylic acids is 3. The highest BCUT2D eigenvalue weighted by atomic mass is 16.5. The van der Waals surface area contributed by atoms with Gasteiger partial charge in [-0.3, -0.25) is 9.59 Å². The molecule has 180 valence electrons. The van der Waals surface area contributed by atoms with Gasteiger partial charge in [-0.15, -0.1) is 0 Å². The van der Waals surface area contributed by atoms with Crippen LogP contribution in [-0.4, -0.2) is 31.1 Å². The van der Waals surface area contributed by atoms with Crippen LogP contribution in [0.4, 0.5) is 5.69 Å². The Bertz CT molecular complexity index is 1440. The third kappa shape index (κ3) is 5.74. The van der Waals surface area contributed by atoms with Gasteiger partial charge in [-0.05, 0) is 60.2 Å². The molecule has 0 spiro atoms. The molecule has 4 rings (SSSR count). The molecule has 0 heterocycles. The number of rotatable bonds is 6. The second kappa shape index (κ2) is 11.0. The molecule has 0 fully saturated rings. The number of anilines is 1. The van der Waals surface area contributed by atoms with Gasteiger partial charge in [0.1, 0.15) is 11.5 Å². The Balaban J connectivity index is 1.51. The summed E-state index contributed by atoms with van der Waals surface area (Å²) in [5.74, 6) is -1.49. The zero-order chi connectivity index (χ0) is 25.5. The van der Waals surface area contributed by atoms with Crippen molar-refractivity contribution in [2.45, 2.75) is 6.92 Å². The van der Waals surface area contributed by atoms with Crippen molar-refractivity contribution in [2.24, 2.45) is 5.10 Å². The van der Waals surface area contributed by atoms with E-state index in [9.17, 15) is 14.4 Å². The average Bonchev–Trinajstić information content (AvgIpc) is 2.90. The molecule has 2 amide bonds. The molecule has 8 heteroatoms. The number of benzene rings is 4. The number of hydrazone groups is 1. The fourth-order valence-corrected chi connectivity index (χ4v) is 3.41. The number of esters is 1. The maximum absolute atomic E-state index is 12.7. The summed E-state index contributed by atoms with van der Waals surface area (Å²) < 4.78 is 10.7. The number of methoxy groups -OCH3 is 1. The second-order valence-corrected chi connectivity index (χ2v) is 7.84. The Morgan fingerprint density at radius 1 is 0.833 bits per heavy atom. The van der Waals surface area contributed by atoms with Crippen molar-refractivity contribution < 1.29 is 23.9 Å². The molecule has 8 nitrogen and oxygen atoms in total. The third-order valence-electron chi connectivity index (χ3n) is 5.33. The van der Waals surface area contributed by atoms with Crippen LogP contribution in [0.5, 0.6) is 11.5 Å². The number of amides is 2. The third-order valence-corrected chi connectivity index (χ3v) is 5.33. The SMILES string of the molecule is COc1ccc(NC(=O)C(=O)N/N=C\c2c(OC(=O)c3ccc(C)cc3)ccc3ccccc23)cc1. The minimum Gasteiger partial charge on any atom is -0.497 e. The zero-order valence-electron chi connectivity index (χ0n) is 19.6. The first-order valence-electron chi connectivity index (χ1n) is 11.0. The van der Waals surface area contributed by atoms with Crippen molar-refractivity contribution in [1.82, 2.24) is 5.43 Å². The van der Waals surface area contributed by atoms with Crippen molar-refractivity contribution >= 4 is 40.5 Å². The van der Waals surface area contributed by atoms with Gasteiger partial charge < -0.3 is 14.8 Å². The first kappa shape index (κ1) is 24.2. The molecule has 0 atom stereocenters. The van der Waals surface area contributed by atoms with Crippen LogP contribution in [0.2, 0.25) is 0 Å². The summed E-state index contributed by atoms with van der Waals surface area (Å²) in [5, 5.41) is 8.06. The molecule has 0 bridgehead atoms. The van der Waals surface area contributed by atoms with Gasteiger partial charge in [-0.1, -0.05) is 48.0 Å². The Labute approximate surface area is 207 Å². The van der Waals surface area contributed by atoms with E-state index in [2.05, 4.69) is 15.8 Å². The first-order valence-corrected chi connectivity index (χ1v) is 11.0. The van der Waals surface area contributed by atoms with Crippen molar-refractivity contribution in [2.75, 3.05) is 12.4 Å². The zero-order valence-corrected chi connectivity index (χ0v) is 19.6. The molecule has 4 aromatic carbocycles. The van der Waals surface area contributed by atoms with Gasteiger partial charge in [-0.2, -0.15) is 5.10 Å². The van der Waals surface area contributed by atoms with Crippen LogP contribution in [0.25, 0.3) is 10.8 Å². The molecule has 0 unspecified atom stereocenters. The van der Waals surface area contributed by atoms with E-state index in [4.69, 9.17) is 9.47 Å². The number of carbonyl (C=O) groups is 3. The van der Waals surface area contributed by atoms with Crippen LogP contribution < -0.4 is 20.2 Å². The van der Waals surface area contributed by atoms with Crippen molar-refractivity contribution in [3.8, 4) is 11.5 Å². The molecule has 0 aliphatic rings. The normalized spacial score (nSPS) is 10.7. The minimum atomic E-state index is -0.958. The topological polar surface area (TPSA) is 106 Å².